The molecule has 0 aromatic heterocycles. The molecule has 0 aliphatic rings. The Labute approximate surface area is 168 Å². The number of carbonyl (C=O) groups excluding carboxylic acids is 1. The van der Waals surface area contributed by atoms with Crippen molar-refractivity contribution in [2.75, 3.05) is 13.7 Å². The maximum absolute atomic E-state index is 12.2. The number of ether oxygens (including phenoxy) is 2. The molecule has 28 heavy (non-hydrogen) atoms. The highest BCUT2D eigenvalue weighted by molar-refractivity contribution is 5.92. The topological polar surface area (TPSA) is 47.6 Å². The number of hydrogen-bond acceptors (Lipinski definition) is 3. The van der Waals surface area contributed by atoms with Gasteiger partial charge in [-0.3, -0.25) is 4.79 Å². The van der Waals surface area contributed by atoms with Crippen molar-refractivity contribution in [2.24, 2.45) is 0 Å². The molecule has 0 heterocycles. The lowest BCUT2D eigenvalue weighted by molar-refractivity contribution is -0.117. The highest BCUT2D eigenvalue weighted by atomic mass is 16.5. The second-order valence-corrected chi connectivity index (χ2v) is 6.79. The fourth-order valence-corrected chi connectivity index (χ4v) is 2.88. The second-order valence-electron chi connectivity index (χ2n) is 6.79. The first kappa shape index (κ1) is 21.5. The summed E-state index contributed by atoms with van der Waals surface area (Å²) in [5, 5.41) is 2.97. The summed E-state index contributed by atoms with van der Waals surface area (Å²) in [7, 11) is 1.63. The largest absolute Gasteiger partial charge is 0.493 e. The molecule has 2 aromatic rings. The van der Waals surface area contributed by atoms with Crippen LogP contribution in [0.25, 0.3) is 6.08 Å². The highest BCUT2D eigenvalue weighted by Gasteiger charge is 2.08. The molecule has 2 rings (SSSR count). The first-order chi connectivity index (χ1) is 13.6. The predicted octanol–water partition coefficient (Wildman–Crippen LogP) is 5.54. The minimum atomic E-state index is -0.133. The van der Waals surface area contributed by atoms with Gasteiger partial charge in [-0.25, -0.2) is 0 Å². The molecule has 150 valence electrons. The van der Waals surface area contributed by atoms with Crippen LogP contribution in [0.4, 0.5) is 0 Å². The Morgan fingerprint density at radius 1 is 1.07 bits per heavy atom. The summed E-state index contributed by atoms with van der Waals surface area (Å²) in [5.41, 5.74) is 1.96. The van der Waals surface area contributed by atoms with Gasteiger partial charge in [0.15, 0.2) is 11.5 Å². The van der Waals surface area contributed by atoms with Crippen LogP contribution in [0, 0.1) is 0 Å². The van der Waals surface area contributed by atoms with E-state index in [2.05, 4.69) is 12.2 Å². The molecule has 4 heteroatoms. The Morgan fingerprint density at radius 3 is 2.57 bits per heavy atom. The van der Waals surface area contributed by atoms with Crippen LogP contribution >= 0.6 is 0 Å². The number of hydrogen-bond donors (Lipinski definition) is 1. The van der Waals surface area contributed by atoms with E-state index in [1.165, 1.54) is 19.3 Å². The van der Waals surface area contributed by atoms with E-state index >= 15 is 0 Å². The molecule has 4 nitrogen and oxygen atoms in total. The van der Waals surface area contributed by atoms with Gasteiger partial charge in [0.2, 0.25) is 5.91 Å². The van der Waals surface area contributed by atoms with E-state index in [0.29, 0.717) is 12.4 Å². The van der Waals surface area contributed by atoms with Crippen molar-refractivity contribution in [2.45, 2.75) is 45.6 Å². The SMILES string of the molecule is CCCCCCOc1ccc(/C=C/C(=O)NC(C)c2ccccc2)cc1OC. The molecule has 0 bridgehead atoms. The minimum Gasteiger partial charge on any atom is -0.493 e. The number of amides is 1. The number of unbranched alkanes of at least 4 members (excludes halogenated alkanes) is 3. The van der Waals surface area contributed by atoms with Crippen LogP contribution in [-0.2, 0) is 4.79 Å². The van der Waals surface area contributed by atoms with Gasteiger partial charge in [-0.15, -0.1) is 0 Å². The molecule has 0 spiro atoms. The van der Waals surface area contributed by atoms with Crippen molar-refractivity contribution in [3.63, 3.8) is 0 Å². The average molecular weight is 382 g/mol. The summed E-state index contributed by atoms with van der Waals surface area (Å²) in [6, 6.07) is 15.5. The Bertz CT molecular complexity index is 756. The Kier molecular flexibility index (Phi) is 9.13. The Morgan fingerprint density at radius 2 is 1.86 bits per heavy atom. The van der Waals surface area contributed by atoms with Gasteiger partial charge in [0.05, 0.1) is 19.8 Å². The van der Waals surface area contributed by atoms with Crippen molar-refractivity contribution in [1.82, 2.24) is 5.32 Å². The zero-order valence-corrected chi connectivity index (χ0v) is 17.1. The van der Waals surface area contributed by atoms with E-state index < -0.39 is 0 Å². The van der Waals surface area contributed by atoms with Crippen LogP contribution in [0.5, 0.6) is 11.5 Å². The third-order valence-electron chi connectivity index (χ3n) is 4.53. The van der Waals surface area contributed by atoms with Crippen molar-refractivity contribution in [3.8, 4) is 11.5 Å². The van der Waals surface area contributed by atoms with Gasteiger partial charge in [0, 0.05) is 6.08 Å². The third-order valence-corrected chi connectivity index (χ3v) is 4.53. The standard InChI is InChI=1S/C24H31NO3/c1-4-5-6-10-17-28-22-15-13-20(18-23(22)27-3)14-16-24(26)25-19(2)21-11-8-7-9-12-21/h7-9,11-16,18-19H,4-6,10,17H2,1-3H3,(H,25,26)/b16-14+. The van der Waals surface area contributed by atoms with Gasteiger partial charge in [0.25, 0.3) is 0 Å². The van der Waals surface area contributed by atoms with E-state index in [1.807, 2.05) is 55.5 Å². The normalized spacial score (nSPS) is 12.0. The Hall–Kier alpha value is -2.75. The Balaban J connectivity index is 1.91. The first-order valence-corrected chi connectivity index (χ1v) is 9.98. The molecule has 2 aromatic carbocycles. The zero-order valence-electron chi connectivity index (χ0n) is 17.1. The third kappa shape index (κ3) is 7.10. The molecule has 0 saturated carbocycles. The maximum atomic E-state index is 12.2. The molecule has 0 saturated heterocycles. The predicted molar refractivity (Wildman–Crippen MR) is 115 cm³/mol. The van der Waals surface area contributed by atoms with Crippen molar-refractivity contribution in [3.05, 3.63) is 65.7 Å². The van der Waals surface area contributed by atoms with Crippen molar-refractivity contribution in [1.29, 1.82) is 0 Å². The summed E-state index contributed by atoms with van der Waals surface area (Å²) in [6.07, 6.45) is 7.98. The fourth-order valence-electron chi connectivity index (χ4n) is 2.88. The molecule has 1 N–H and O–H groups in total. The number of benzene rings is 2. The highest BCUT2D eigenvalue weighted by Crippen LogP contribution is 2.28. The molecule has 0 radical (unpaired) electrons. The lowest BCUT2D eigenvalue weighted by atomic mass is 10.1. The lowest BCUT2D eigenvalue weighted by Gasteiger charge is -2.13. The van der Waals surface area contributed by atoms with Crippen molar-refractivity contribution < 1.29 is 14.3 Å². The van der Waals surface area contributed by atoms with Gasteiger partial charge in [0.1, 0.15) is 0 Å². The maximum Gasteiger partial charge on any atom is 0.244 e. The second kappa shape index (κ2) is 11.9. The summed E-state index contributed by atoms with van der Waals surface area (Å²) >= 11 is 0. The molecule has 0 aliphatic carbocycles. The summed E-state index contributed by atoms with van der Waals surface area (Å²) < 4.78 is 11.3. The molecule has 1 atom stereocenters. The zero-order chi connectivity index (χ0) is 20.2. The van der Waals surface area contributed by atoms with Crippen LogP contribution in [0.15, 0.2) is 54.6 Å². The molecule has 0 fully saturated rings. The van der Waals surface area contributed by atoms with Crippen LogP contribution in [0.3, 0.4) is 0 Å². The summed E-state index contributed by atoms with van der Waals surface area (Å²) in [4.78, 5) is 12.2. The number of nitrogens with one attached hydrogen (secondary N) is 1. The smallest absolute Gasteiger partial charge is 0.244 e. The van der Waals surface area contributed by atoms with Gasteiger partial charge >= 0.3 is 0 Å². The van der Waals surface area contributed by atoms with Crippen LogP contribution < -0.4 is 14.8 Å². The van der Waals surface area contributed by atoms with Gasteiger partial charge in [-0.1, -0.05) is 62.6 Å². The average Bonchev–Trinajstić information content (AvgIpc) is 2.73. The van der Waals surface area contributed by atoms with Crippen LogP contribution in [-0.4, -0.2) is 19.6 Å². The van der Waals surface area contributed by atoms with Crippen molar-refractivity contribution >= 4 is 12.0 Å². The van der Waals surface area contributed by atoms with Crippen LogP contribution in [0.1, 0.15) is 56.7 Å². The van der Waals surface area contributed by atoms with Gasteiger partial charge < -0.3 is 14.8 Å². The van der Waals surface area contributed by atoms with E-state index in [-0.39, 0.29) is 11.9 Å². The minimum absolute atomic E-state index is 0.0450. The number of methoxy groups -OCH3 is 1. The molecule has 1 amide bonds. The monoisotopic (exact) mass is 381 g/mol. The summed E-state index contributed by atoms with van der Waals surface area (Å²) in [5.74, 6) is 1.28. The van der Waals surface area contributed by atoms with E-state index in [1.54, 1.807) is 19.3 Å². The van der Waals surface area contributed by atoms with Gasteiger partial charge in [-0.05, 0) is 42.7 Å². The van der Waals surface area contributed by atoms with Crippen LogP contribution in [0.2, 0.25) is 0 Å². The molecule has 0 aliphatic heterocycles. The first-order valence-electron chi connectivity index (χ1n) is 9.98. The van der Waals surface area contributed by atoms with Gasteiger partial charge in [-0.2, -0.15) is 0 Å². The van der Waals surface area contributed by atoms with E-state index in [9.17, 15) is 4.79 Å². The number of rotatable bonds is 11. The number of carbonyl (C=O) groups is 1. The van der Waals surface area contributed by atoms with E-state index in [4.69, 9.17) is 9.47 Å². The van der Waals surface area contributed by atoms with E-state index in [0.717, 1.165) is 23.3 Å². The molecular formula is C24H31NO3. The fraction of sp³-hybridized carbons (Fsp3) is 0.375. The molecule has 1 unspecified atom stereocenters. The lowest BCUT2D eigenvalue weighted by Crippen LogP contribution is -2.24. The quantitative estimate of drug-likeness (QED) is 0.410. The molecular weight excluding hydrogens is 350 g/mol. The summed E-state index contributed by atoms with van der Waals surface area (Å²) in [6.45, 7) is 4.85.